The minimum atomic E-state index is -3.35. The molecule has 12 nitrogen and oxygen atoms in total. The van der Waals surface area contributed by atoms with Crippen LogP contribution in [0.1, 0.15) is 40.7 Å². The van der Waals surface area contributed by atoms with Crippen LogP contribution >= 0.6 is 11.6 Å². The first-order valence-corrected chi connectivity index (χ1v) is 15.8. The molecule has 2 unspecified atom stereocenters. The molecule has 1 fully saturated rings. The zero-order valence-corrected chi connectivity index (χ0v) is 27.7. The Morgan fingerprint density at radius 3 is 2.35 bits per heavy atom. The smallest absolute Gasteiger partial charge is 0.387 e. The Labute approximate surface area is 284 Å². The number of rotatable bonds is 13. The Morgan fingerprint density at radius 2 is 1.73 bits per heavy atom. The summed E-state index contributed by atoms with van der Waals surface area (Å²) in [6.07, 6.45) is 2.29. The number of amides is 3. The van der Waals surface area contributed by atoms with Gasteiger partial charge in [0.25, 0.3) is 11.8 Å². The van der Waals surface area contributed by atoms with Crippen LogP contribution in [-0.2, 0) is 16.6 Å². The molecule has 4 rings (SSSR count). The number of ether oxygens (including phenoxy) is 1. The Kier molecular flexibility index (Phi) is 12.2. The van der Waals surface area contributed by atoms with Crippen LogP contribution in [0.3, 0.4) is 0 Å². The van der Waals surface area contributed by atoms with Crippen LogP contribution in [0.5, 0.6) is 5.75 Å². The van der Waals surface area contributed by atoms with Crippen LogP contribution < -0.4 is 15.0 Å². The van der Waals surface area contributed by atoms with Gasteiger partial charge in [0.05, 0.1) is 36.1 Å². The van der Waals surface area contributed by atoms with E-state index in [9.17, 15) is 36.7 Å². The topological polar surface area (TPSA) is 139 Å². The van der Waals surface area contributed by atoms with E-state index in [4.69, 9.17) is 16.7 Å². The summed E-state index contributed by atoms with van der Waals surface area (Å²) in [5, 5.41) is 11.6. The zero-order chi connectivity index (χ0) is 36.0. The molecule has 17 heteroatoms. The van der Waals surface area contributed by atoms with Crippen molar-refractivity contribution in [1.82, 2.24) is 19.4 Å². The first-order chi connectivity index (χ1) is 23.2. The van der Waals surface area contributed by atoms with E-state index in [2.05, 4.69) is 15.0 Å². The molecule has 1 aliphatic heterocycles. The number of carbonyl (C=O) groups is 4. The van der Waals surface area contributed by atoms with Gasteiger partial charge in [-0.25, -0.2) is 14.2 Å². The molecule has 49 heavy (non-hydrogen) atoms. The second-order valence-electron chi connectivity index (χ2n) is 11.6. The van der Waals surface area contributed by atoms with Gasteiger partial charge >= 0.3 is 12.6 Å². The standard InChI is InChI=1S/C32H35ClF4N6O6/c1-4-18(9-10-40(2)17-25(44)45)30(47)42-11-13-43(14-12-42)31(48)20-6-5-19(15-22(20)33)39-29(46)28-38-16-23(41(28)3)21-7-8-24(49-32(36)37)27(35)26(21)34/h5-8,15-16,18,32H,4,9-14,17H2,1-3H3,(H,39,46)(H,44,45)/p+1. The first kappa shape index (κ1) is 37.1. The normalized spacial score (nSPS) is 14.5. The number of benzene rings is 2. The number of carboxylic acid groups (broad SMARTS) is 1. The second-order valence-corrected chi connectivity index (χ2v) is 12.0. The van der Waals surface area contributed by atoms with Gasteiger partial charge in [-0.3, -0.25) is 14.4 Å². The fourth-order valence-corrected chi connectivity index (χ4v) is 5.83. The monoisotopic (exact) mass is 711 g/mol. The lowest BCUT2D eigenvalue weighted by molar-refractivity contribution is -0.872. The van der Waals surface area contributed by atoms with E-state index >= 15 is 0 Å². The number of nitrogens with zero attached hydrogens (tertiary/aromatic N) is 4. The highest BCUT2D eigenvalue weighted by atomic mass is 35.5. The fraction of sp³-hybridized carbons (Fsp3) is 0.406. The molecule has 0 spiro atoms. The molecular formula is C32H36ClF4N6O6+. The van der Waals surface area contributed by atoms with Crippen LogP contribution in [0, 0.1) is 17.6 Å². The number of piperazine rings is 1. The maximum atomic E-state index is 14.7. The summed E-state index contributed by atoms with van der Waals surface area (Å²) in [5.74, 6) is -6.49. The van der Waals surface area contributed by atoms with Gasteiger partial charge in [-0.2, -0.15) is 13.2 Å². The Bertz CT molecular complexity index is 1720. The summed E-state index contributed by atoms with van der Waals surface area (Å²) < 4.78 is 59.1. The van der Waals surface area contributed by atoms with Crippen molar-refractivity contribution in [2.75, 3.05) is 51.6 Å². The van der Waals surface area contributed by atoms with E-state index < -0.39 is 35.9 Å². The van der Waals surface area contributed by atoms with Gasteiger partial charge in [0, 0.05) is 56.8 Å². The minimum absolute atomic E-state index is 0.0134. The van der Waals surface area contributed by atoms with E-state index in [-0.39, 0.29) is 70.7 Å². The van der Waals surface area contributed by atoms with Crippen molar-refractivity contribution < 1.29 is 51.5 Å². The minimum Gasteiger partial charge on any atom is -0.477 e. The van der Waals surface area contributed by atoms with Crippen molar-refractivity contribution in [3.63, 3.8) is 0 Å². The third kappa shape index (κ3) is 8.86. The number of hydrogen-bond acceptors (Lipinski definition) is 6. The van der Waals surface area contributed by atoms with Crippen LogP contribution in [0.15, 0.2) is 36.5 Å². The number of imidazole rings is 1. The number of anilines is 1. The number of alkyl halides is 2. The molecule has 0 aliphatic carbocycles. The highest BCUT2D eigenvalue weighted by Gasteiger charge is 2.30. The molecule has 264 valence electrons. The van der Waals surface area contributed by atoms with E-state index in [1.807, 2.05) is 6.92 Å². The average Bonchev–Trinajstić information content (AvgIpc) is 3.43. The van der Waals surface area contributed by atoms with E-state index in [0.717, 1.165) is 23.2 Å². The second kappa shape index (κ2) is 16.1. The number of aromatic nitrogens is 2. The van der Waals surface area contributed by atoms with Crippen molar-refractivity contribution in [3.8, 4) is 17.0 Å². The lowest BCUT2D eigenvalue weighted by Gasteiger charge is -2.36. The van der Waals surface area contributed by atoms with Crippen molar-refractivity contribution >= 4 is 41.0 Å². The maximum Gasteiger partial charge on any atom is 0.387 e. The molecule has 1 aromatic heterocycles. The summed E-state index contributed by atoms with van der Waals surface area (Å²) in [6.45, 7) is 0.325. The lowest BCUT2D eigenvalue weighted by atomic mass is 9.99. The van der Waals surface area contributed by atoms with Crippen LogP contribution in [0.25, 0.3) is 11.3 Å². The lowest BCUT2D eigenvalue weighted by Crippen LogP contribution is -3.10. The molecule has 0 bridgehead atoms. The van der Waals surface area contributed by atoms with Crippen molar-refractivity contribution in [3.05, 3.63) is 64.6 Å². The number of likely N-dealkylation sites (N-methyl/N-ethyl adjacent to an activating group) is 1. The molecule has 2 atom stereocenters. The predicted molar refractivity (Wildman–Crippen MR) is 170 cm³/mol. The highest BCUT2D eigenvalue weighted by Crippen LogP contribution is 2.31. The number of nitrogens with one attached hydrogen (secondary N) is 2. The van der Waals surface area contributed by atoms with E-state index in [0.29, 0.717) is 32.5 Å². The number of hydrogen-bond donors (Lipinski definition) is 3. The molecule has 3 N–H and O–H groups in total. The van der Waals surface area contributed by atoms with Gasteiger partial charge in [-0.15, -0.1) is 0 Å². The Morgan fingerprint density at radius 1 is 1.06 bits per heavy atom. The molecule has 1 aliphatic rings. The number of quaternary nitrogens is 1. The van der Waals surface area contributed by atoms with Gasteiger partial charge in [-0.1, -0.05) is 18.5 Å². The van der Waals surface area contributed by atoms with Crippen LogP contribution in [0.4, 0.5) is 23.2 Å². The van der Waals surface area contributed by atoms with E-state index in [1.165, 1.54) is 29.8 Å². The zero-order valence-electron chi connectivity index (χ0n) is 26.9. The van der Waals surface area contributed by atoms with E-state index in [1.54, 1.807) is 16.8 Å². The number of carboxylic acids is 1. The summed E-state index contributed by atoms with van der Waals surface area (Å²) in [4.78, 5) is 58.5. The van der Waals surface area contributed by atoms with Gasteiger partial charge in [0.2, 0.25) is 11.7 Å². The quantitative estimate of drug-likeness (QED) is 0.232. The predicted octanol–water partition coefficient (Wildman–Crippen LogP) is 3.17. The van der Waals surface area contributed by atoms with Crippen LogP contribution in [-0.4, -0.2) is 101 Å². The molecule has 2 aromatic carbocycles. The van der Waals surface area contributed by atoms with Gasteiger partial charge in [-0.05, 0) is 36.8 Å². The molecule has 3 amide bonds. The van der Waals surface area contributed by atoms with Crippen LogP contribution in [0.2, 0.25) is 5.02 Å². The number of halogens is 5. The van der Waals surface area contributed by atoms with Gasteiger partial charge < -0.3 is 34.4 Å². The van der Waals surface area contributed by atoms with Crippen molar-refractivity contribution in [1.29, 1.82) is 0 Å². The summed E-state index contributed by atoms with van der Waals surface area (Å²) in [5.41, 5.74) is 0.0571. The Hall–Kier alpha value is -4.70. The fourth-order valence-electron chi connectivity index (χ4n) is 5.57. The summed E-state index contributed by atoms with van der Waals surface area (Å²) in [7, 11) is 3.15. The Balaban J connectivity index is 1.36. The first-order valence-electron chi connectivity index (χ1n) is 15.4. The molecule has 1 saturated heterocycles. The average molecular weight is 712 g/mol. The van der Waals surface area contributed by atoms with Gasteiger partial charge in [0.15, 0.2) is 23.9 Å². The third-order valence-electron chi connectivity index (χ3n) is 8.28. The highest BCUT2D eigenvalue weighted by molar-refractivity contribution is 6.34. The van der Waals surface area contributed by atoms with Gasteiger partial charge in [0.1, 0.15) is 0 Å². The summed E-state index contributed by atoms with van der Waals surface area (Å²) in [6, 6.07) is 6.16. The third-order valence-corrected chi connectivity index (χ3v) is 8.59. The number of aliphatic carboxylic acids is 1. The number of carbonyl (C=O) groups excluding carboxylic acids is 3. The van der Waals surface area contributed by atoms with Crippen molar-refractivity contribution in [2.24, 2.45) is 13.0 Å². The molecule has 0 radical (unpaired) electrons. The molecule has 3 aromatic rings. The maximum absolute atomic E-state index is 14.7. The SMILES string of the molecule is CCC(CC[NH+](C)CC(=O)O)C(=O)N1CCN(C(=O)c2ccc(NC(=O)c3ncc(-c4ccc(OC(F)F)c(F)c4F)n3C)cc2Cl)CC1. The summed E-state index contributed by atoms with van der Waals surface area (Å²) >= 11 is 6.44. The molecule has 2 heterocycles. The largest absolute Gasteiger partial charge is 0.477 e. The molecule has 0 saturated carbocycles. The van der Waals surface area contributed by atoms with Crippen molar-refractivity contribution in [2.45, 2.75) is 26.4 Å². The molecular weight excluding hydrogens is 676 g/mol.